The minimum absolute atomic E-state index is 0.102. The molecule has 0 spiro atoms. The molecule has 0 saturated heterocycles. The van der Waals surface area contributed by atoms with Crippen molar-refractivity contribution in [1.82, 2.24) is 4.90 Å². The Labute approximate surface area is 101 Å². The molecule has 0 fully saturated rings. The lowest BCUT2D eigenvalue weighted by atomic mass is 10.1. The zero-order valence-corrected chi connectivity index (χ0v) is 10.2. The molecule has 0 heterocycles. The molecule has 0 aliphatic rings. The van der Waals surface area contributed by atoms with Crippen LogP contribution >= 0.6 is 0 Å². The quantitative estimate of drug-likeness (QED) is 0.303. The lowest BCUT2D eigenvalue weighted by Crippen LogP contribution is -2.26. The van der Waals surface area contributed by atoms with Crippen molar-refractivity contribution in [3.05, 3.63) is 35.4 Å². The predicted octanol–water partition coefficient (Wildman–Crippen LogP) is 0.594. The van der Waals surface area contributed by atoms with Crippen LogP contribution in [0.2, 0.25) is 0 Å². The number of rotatable bonds is 5. The van der Waals surface area contributed by atoms with Gasteiger partial charge in [0.2, 0.25) is 0 Å². The van der Waals surface area contributed by atoms with E-state index in [1.54, 1.807) is 13.0 Å². The molecule has 1 unspecified atom stereocenters. The van der Waals surface area contributed by atoms with Gasteiger partial charge in [0, 0.05) is 18.7 Å². The van der Waals surface area contributed by atoms with Crippen molar-refractivity contribution in [3.8, 4) is 0 Å². The number of likely N-dealkylation sites (N-methyl/N-ethyl adjacent to an activating group) is 1. The summed E-state index contributed by atoms with van der Waals surface area (Å²) < 4.78 is 0. The molecule has 0 bridgehead atoms. The monoisotopic (exact) mass is 237 g/mol. The Morgan fingerprint density at radius 1 is 1.53 bits per heavy atom. The van der Waals surface area contributed by atoms with Gasteiger partial charge in [0.1, 0.15) is 0 Å². The molecule has 94 valence electrons. The number of oxime groups is 1. The molecule has 0 amide bonds. The number of benzene rings is 1. The van der Waals surface area contributed by atoms with E-state index < -0.39 is 0 Å². The van der Waals surface area contributed by atoms with Gasteiger partial charge in [-0.1, -0.05) is 23.4 Å². The molecule has 4 N–H and O–H groups in total. The number of aliphatic hydroxyl groups is 1. The van der Waals surface area contributed by atoms with E-state index in [0.29, 0.717) is 18.7 Å². The van der Waals surface area contributed by atoms with E-state index >= 15 is 0 Å². The number of nitrogens with zero attached hydrogens (tertiary/aromatic N) is 2. The van der Waals surface area contributed by atoms with Gasteiger partial charge in [-0.15, -0.1) is 0 Å². The zero-order valence-electron chi connectivity index (χ0n) is 10.2. The molecule has 1 aromatic rings. The van der Waals surface area contributed by atoms with Gasteiger partial charge in [0.05, 0.1) is 6.10 Å². The third kappa shape index (κ3) is 4.42. The molecule has 0 aliphatic carbocycles. The van der Waals surface area contributed by atoms with E-state index in [-0.39, 0.29) is 11.9 Å². The molecule has 0 aliphatic heterocycles. The molecule has 5 heteroatoms. The van der Waals surface area contributed by atoms with Gasteiger partial charge >= 0.3 is 0 Å². The van der Waals surface area contributed by atoms with Crippen molar-refractivity contribution in [2.45, 2.75) is 19.6 Å². The van der Waals surface area contributed by atoms with Gasteiger partial charge < -0.3 is 16.0 Å². The highest BCUT2D eigenvalue weighted by Crippen LogP contribution is 2.07. The van der Waals surface area contributed by atoms with Crippen LogP contribution in [-0.2, 0) is 6.54 Å². The molecule has 17 heavy (non-hydrogen) atoms. The predicted molar refractivity (Wildman–Crippen MR) is 67.0 cm³/mol. The fourth-order valence-electron chi connectivity index (χ4n) is 1.71. The molecule has 1 atom stereocenters. The van der Waals surface area contributed by atoms with Crippen molar-refractivity contribution in [3.63, 3.8) is 0 Å². The molecule has 1 rings (SSSR count). The Morgan fingerprint density at radius 3 is 2.82 bits per heavy atom. The van der Waals surface area contributed by atoms with Gasteiger partial charge in [-0.3, -0.25) is 4.90 Å². The third-order valence-corrected chi connectivity index (χ3v) is 2.36. The smallest absolute Gasteiger partial charge is 0.170 e. The lowest BCUT2D eigenvalue weighted by Gasteiger charge is -2.18. The average molecular weight is 237 g/mol. The average Bonchev–Trinajstić information content (AvgIpc) is 2.27. The molecule has 1 aromatic carbocycles. The van der Waals surface area contributed by atoms with Gasteiger partial charge in [-0.05, 0) is 25.6 Å². The van der Waals surface area contributed by atoms with Gasteiger partial charge in [-0.2, -0.15) is 0 Å². The Bertz CT molecular complexity index is 391. The molecule has 0 radical (unpaired) electrons. The first kappa shape index (κ1) is 13.5. The van der Waals surface area contributed by atoms with Crippen LogP contribution in [0.15, 0.2) is 29.4 Å². The fourth-order valence-corrected chi connectivity index (χ4v) is 1.71. The fraction of sp³-hybridized carbons (Fsp3) is 0.417. The minimum Gasteiger partial charge on any atom is -0.409 e. The summed E-state index contributed by atoms with van der Waals surface area (Å²) in [6.07, 6.45) is -0.354. The van der Waals surface area contributed by atoms with Crippen LogP contribution in [-0.4, -0.2) is 40.7 Å². The maximum atomic E-state index is 9.27. The van der Waals surface area contributed by atoms with E-state index in [1.807, 2.05) is 30.1 Å². The highest BCUT2D eigenvalue weighted by atomic mass is 16.4. The van der Waals surface area contributed by atoms with Crippen LogP contribution in [0.4, 0.5) is 0 Å². The maximum Gasteiger partial charge on any atom is 0.170 e. The number of amidine groups is 1. The molecule has 5 nitrogen and oxygen atoms in total. The van der Waals surface area contributed by atoms with Crippen LogP contribution < -0.4 is 5.73 Å². The highest BCUT2D eigenvalue weighted by molar-refractivity contribution is 5.97. The van der Waals surface area contributed by atoms with Crippen molar-refractivity contribution >= 4 is 5.84 Å². The Morgan fingerprint density at radius 2 is 2.24 bits per heavy atom. The lowest BCUT2D eigenvalue weighted by molar-refractivity contribution is 0.138. The van der Waals surface area contributed by atoms with Crippen molar-refractivity contribution in [2.24, 2.45) is 10.9 Å². The first-order valence-electron chi connectivity index (χ1n) is 5.46. The van der Waals surface area contributed by atoms with E-state index in [2.05, 4.69) is 5.16 Å². The number of hydrogen-bond acceptors (Lipinski definition) is 4. The summed E-state index contributed by atoms with van der Waals surface area (Å²) in [6, 6.07) is 7.48. The van der Waals surface area contributed by atoms with Crippen LogP contribution in [0.25, 0.3) is 0 Å². The summed E-state index contributed by atoms with van der Waals surface area (Å²) >= 11 is 0. The summed E-state index contributed by atoms with van der Waals surface area (Å²) in [5, 5.41) is 20.8. The van der Waals surface area contributed by atoms with Gasteiger partial charge in [0.15, 0.2) is 5.84 Å². The second kappa shape index (κ2) is 6.22. The summed E-state index contributed by atoms with van der Waals surface area (Å²) in [5.41, 5.74) is 7.26. The van der Waals surface area contributed by atoms with E-state index in [4.69, 9.17) is 10.9 Å². The first-order valence-corrected chi connectivity index (χ1v) is 5.46. The Hall–Kier alpha value is -1.59. The van der Waals surface area contributed by atoms with Crippen molar-refractivity contribution in [1.29, 1.82) is 0 Å². The summed E-state index contributed by atoms with van der Waals surface area (Å²) in [6.45, 7) is 3.06. The van der Waals surface area contributed by atoms with E-state index in [1.165, 1.54) is 0 Å². The topological polar surface area (TPSA) is 82.1 Å². The summed E-state index contributed by atoms with van der Waals surface area (Å²) in [7, 11) is 1.93. The number of aliphatic hydroxyl groups excluding tert-OH is 1. The maximum absolute atomic E-state index is 9.27. The first-order chi connectivity index (χ1) is 8.02. The summed E-state index contributed by atoms with van der Waals surface area (Å²) in [5.74, 6) is 0.102. The standard InChI is InChI=1S/C12H19N3O2/c1-9(16)7-15(2)8-10-4-3-5-11(6-10)12(13)14-17/h3-6,9,16-17H,7-8H2,1-2H3,(H2,13,14). The SMILES string of the molecule is CC(O)CN(C)Cc1cccc(C(N)=NO)c1. The molecular weight excluding hydrogens is 218 g/mol. The van der Waals surface area contributed by atoms with Gasteiger partial charge in [-0.25, -0.2) is 0 Å². The second-order valence-corrected chi connectivity index (χ2v) is 4.23. The minimum atomic E-state index is -0.354. The molecule has 0 aromatic heterocycles. The highest BCUT2D eigenvalue weighted by Gasteiger charge is 2.05. The summed E-state index contributed by atoms with van der Waals surface area (Å²) in [4.78, 5) is 2.01. The second-order valence-electron chi connectivity index (χ2n) is 4.23. The normalized spacial score (nSPS) is 14.0. The Kier molecular flexibility index (Phi) is 4.93. The zero-order chi connectivity index (χ0) is 12.8. The van der Waals surface area contributed by atoms with E-state index in [9.17, 15) is 5.11 Å². The van der Waals surface area contributed by atoms with Crippen molar-refractivity contribution in [2.75, 3.05) is 13.6 Å². The van der Waals surface area contributed by atoms with Crippen LogP contribution in [0, 0.1) is 0 Å². The van der Waals surface area contributed by atoms with Crippen molar-refractivity contribution < 1.29 is 10.3 Å². The Balaban J connectivity index is 2.72. The third-order valence-electron chi connectivity index (χ3n) is 2.36. The van der Waals surface area contributed by atoms with E-state index in [0.717, 1.165) is 5.56 Å². The van der Waals surface area contributed by atoms with Gasteiger partial charge in [0.25, 0.3) is 0 Å². The number of nitrogens with two attached hydrogens (primary N) is 1. The van der Waals surface area contributed by atoms with Crippen LogP contribution in [0.5, 0.6) is 0 Å². The molecule has 0 saturated carbocycles. The van der Waals surface area contributed by atoms with Crippen LogP contribution in [0.1, 0.15) is 18.1 Å². The van der Waals surface area contributed by atoms with Crippen LogP contribution in [0.3, 0.4) is 0 Å². The number of hydrogen-bond donors (Lipinski definition) is 3. The molecular formula is C12H19N3O2. The largest absolute Gasteiger partial charge is 0.409 e.